The molecule has 2 amide bonds. The Hall–Kier alpha value is 0.340. The lowest BCUT2D eigenvalue weighted by Gasteiger charge is -2.13. The molecule has 0 fully saturated rings. The molecule has 0 spiro atoms. The van der Waals surface area contributed by atoms with E-state index in [-0.39, 0.29) is 10.5 Å². The predicted molar refractivity (Wildman–Crippen MR) is 68.5 cm³/mol. The molecule has 0 unspecified atom stereocenters. The van der Waals surface area contributed by atoms with Crippen molar-refractivity contribution in [2.24, 2.45) is 0 Å². The van der Waals surface area contributed by atoms with Crippen LogP contribution in [0.4, 0.5) is 9.59 Å². The largest absolute Gasteiger partial charge is 0.302 e. The third-order valence-electron chi connectivity index (χ3n) is 1.25. The van der Waals surface area contributed by atoms with E-state index in [1.165, 1.54) is 32.5 Å². The van der Waals surface area contributed by atoms with E-state index < -0.39 is 0 Å². The summed E-state index contributed by atoms with van der Waals surface area (Å²) < 4.78 is 2.95. The molecule has 0 heterocycles. The van der Waals surface area contributed by atoms with Gasteiger partial charge in [0.2, 0.25) is 0 Å². The van der Waals surface area contributed by atoms with E-state index in [2.05, 4.69) is 0 Å². The second-order valence-electron chi connectivity index (χ2n) is 2.06. The summed E-state index contributed by atoms with van der Waals surface area (Å²) in [7, 11) is 5.22. The van der Waals surface area contributed by atoms with Gasteiger partial charge < -0.3 is 0 Å². The summed E-state index contributed by atoms with van der Waals surface area (Å²) in [6.45, 7) is 0. The number of hydrogen-bond donors (Lipinski definition) is 0. The molecule has 0 aromatic rings. The van der Waals surface area contributed by atoms with Gasteiger partial charge in [0, 0.05) is 48.2 Å². The van der Waals surface area contributed by atoms with Gasteiger partial charge in [0.05, 0.1) is 0 Å². The molecular weight excluding hydrogens is 260 g/mol. The Kier molecular flexibility index (Phi) is 7.79. The van der Waals surface area contributed by atoms with Crippen LogP contribution in [0.15, 0.2) is 0 Å². The Morgan fingerprint density at radius 3 is 1.36 bits per heavy atom. The van der Waals surface area contributed by atoms with Crippen LogP contribution >= 0.6 is 45.5 Å². The van der Waals surface area contributed by atoms with Crippen LogP contribution in [0.25, 0.3) is 0 Å². The summed E-state index contributed by atoms with van der Waals surface area (Å²) in [5.74, 6) is 0. The summed E-state index contributed by atoms with van der Waals surface area (Å²) >= 11 is 2.64. The van der Waals surface area contributed by atoms with E-state index in [1.807, 2.05) is 0 Å². The van der Waals surface area contributed by atoms with Crippen LogP contribution in [-0.2, 0) is 0 Å². The zero-order valence-corrected chi connectivity index (χ0v) is 11.6. The second kappa shape index (κ2) is 7.61. The highest BCUT2D eigenvalue weighted by atomic mass is 33.1. The van der Waals surface area contributed by atoms with Crippen molar-refractivity contribution in [3.63, 3.8) is 0 Å². The number of carbonyl (C=O) groups is 2. The zero-order chi connectivity index (χ0) is 11.1. The molecule has 0 radical (unpaired) electrons. The third kappa shape index (κ3) is 5.28. The maximum Gasteiger partial charge on any atom is 0.302 e. The fraction of sp³-hybridized carbons (Fsp3) is 0.667. The van der Waals surface area contributed by atoms with Gasteiger partial charge in [-0.05, 0) is 0 Å². The summed E-state index contributed by atoms with van der Waals surface area (Å²) in [5.41, 5.74) is 0. The van der Waals surface area contributed by atoms with Gasteiger partial charge >= 0.3 is 10.5 Å². The molecule has 0 aliphatic carbocycles. The molecule has 0 saturated heterocycles. The highest BCUT2D eigenvalue weighted by molar-refractivity contribution is 8.87. The smallest absolute Gasteiger partial charge is 0.280 e. The van der Waals surface area contributed by atoms with Crippen molar-refractivity contribution in [2.75, 3.05) is 26.6 Å². The fourth-order valence-corrected chi connectivity index (χ4v) is 3.03. The zero-order valence-electron chi connectivity index (χ0n) is 8.34. The van der Waals surface area contributed by atoms with Crippen molar-refractivity contribution < 1.29 is 9.59 Å². The van der Waals surface area contributed by atoms with Gasteiger partial charge in [0.25, 0.3) is 0 Å². The Labute approximate surface area is 101 Å². The maximum atomic E-state index is 11.3. The molecule has 8 heteroatoms. The lowest BCUT2D eigenvalue weighted by Crippen LogP contribution is -2.15. The molecular formula is C6H12N2O2S4. The molecule has 0 atom stereocenters. The molecule has 0 saturated carbocycles. The predicted octanol–water partition coefficient (Wildman–Crippen LogP) is 3.03. The van der Waals surface area contributed by atoms with Crippen LogP contribution in [-0.4, -0.2) is 45.7 Å². The fourth-order valence-electron chi connectivity index (χ4n) is 0.325. The summed E-state index contributed by atoms with van der Waals surface area (Å²) in [6.07, 6.45) is 3.61. The summed E-state index contributed by atoms with van der Waals surface area (Å²) in [5, 5.41) is -0.268. The maximum absolute atomic E-state index is 11.3. The van der Waals surface area contributed by atoms with Gasteiger partial charge in [-0.1, -0.05) is 23.9 Å². The quantitative estimate of drug-likeness (QED) is 0.568. The molecule has 0 rings (SSSR count). The molecule has 82 valence electrons. The number of hydrogen-bond acceptors (Lipinski definition) is 6. The van der Waals surface area contributed by atoms with Crippen LogP contribution in [0.1, 0.15) is 0 Å². The summed E-state index contributed by atoms with van der Waals surface area (Å²) in [6, 6.07) is 0. The Balaban J connectivity index is 3.83. The Morgan fingerprint density at radius 2 is 1.14 bits per heavy atom. The number of rotatable bonds is 2. The van der Waals surface area contributed by atoms with Crippen LogP contribution in [0.2, 0.25) is 0 Å². The van der Waals surface area contributed by atoms with E-state index in [1.54, 1.807) is 26.6 Å². The van der Waals surface area contributed by atoms with Gasteiger partial charge in [-0.25, -0.2) is 0 Å². The number of amides is 2. The lowest BCUT2D eigenvalue weighted by molar-refractivity contribution is 0.251. The van der Waals surface area contributed by atoms with Gasteiger partial charge in [-0.2, -0.15) is 0 Å². The van der Waals surface area contributed by atoms with Crippen molar-refractivity contribution in [3.8, 4) is 0 Å². The SMILES string of the molecule is CSN(C)C(=O)SSC(=O)N(C)SC. The number of carbonyl (C=O) groups excluding carboxylic acids is 2. The molecule has 0 aliphatic heterocycles. The van der Waals surface area contributed by atoms with Crippen LogP contribution in [0.5, 0.6) is 0 Å². The van der Waals surface area contributed by atoms with E-state index in [4.69, 9.17) is 0 Å². The molecule has 0 aromatic heterocycles. The van der Waals surface area contributed by atoms with Crippen molar-refractivity contribution in [3.05, 3.63) is 0 Å². The molecule has 4 nitrogen and oxygen atoms in total. The Bertz CT molecular complexity index is 192. The second-order valence-corrected chi connectivity index (χ2v) is 5.92. The Morgan fingerprint density at radius 1 is 0.857 bits per heavy atom. The van der Waals surface area contributed by atoms with E-state index in [0.29, 0.717) is 0 Å². The first-order chi connectivity index (χ1) is 6.52. The van der Waals surface area contributed by atoms with Crippen LogP contribution < -0.4 is 0 Å². The monoisotopic (exact) mass is 272 g/mol. The number of nitrogens with zero attached hydrogens (tertiary/aromatic N) is 2. The first-order valence-electron chi connectivity index (χ1n) is 3.51. The summed E-state index contributed by atoms with van der Waals surface area (Å²) in [4.78, 5) is 22.5. The third-order valence-corrected chi connectivity index (χ3v) is 4.93. The van der Waals surface area contributed by atoms with E-state index in [0.717, 1.165) is 21.6 Å². The van der Waals surface area contributed by atoms with Crippen molar-refractivity contribution >= 4 is 56.0 Å². The molecule has 14 heavy (non-hydrogen) atoms. The van der Waals surface area contributed by atoms with Gasteiger partial charge in [0.1, 0.15) is 0 Å². The minimum absolute atomic E-state index is 0.134. The average molecular weight is 272 g/mol. The van der Waals surface area contributed by atoms with Gasteiger partial charge in [0.15, 0.2) is 0 Å². The normalized spacial score (nSPS) is 9.71. The van der Waals surface area contributed by atoms with Crippen LogP contribution in [0.3, 0.4) is 0 Å². The topological polar surface area (TPSA) is 40.6 Å². The minimum Gasteiger partial charge on any atom is -0.280 e. The van der Waals surface area contributed by atoms with Gasteiger partial charge in [-0.15, -0.1) is 0 Å². The highest BCUT2D eigenvalue weighted by Crippen LogP contribution is 2.29. The highest BCUT2D eigenvalue weighted by Gasteiger charge is 2.14. The minimum atomic E-state index is -0.134. The van der Waals surface area contributed by atoms with Crippen LogP contribution in [0, 0.1) is 0 Å². The van der Waals surface area contributed by atoms with Gasteiger partial charge in [-0.3, -0.25) is 18.2 Å². The van der Waals surface area contributed by atoms with Crippen molar-refractivity contribution in [1.29, 1.82) is 0 Å². The van der Waals surface area contributed by atoms with E-state index >= 15 is 0 Å². The average Bonchev–Trinajstić information content (AvgIpc) is 2.22. The molecule has 0 bridgehead atoms. The molecule has 0 aliphatic rings. The van der Waals surface area contributed by atoms with Crippen molar-refractivity contribution in [1.82, 2.24) is 8.61 Å². The first kappa shape index (κ1) is 14.3. The first-order valence-corrected chi connectivity index (χ1v) is 8.02. The standard InChI is InChI=1S/C6H12N2O2S4/c1-7(11-3)5(9)13-14-6(10)8(2)12-4/h1-4H3. The van der Waals surface area contributed by atoms with Crippen molar-refractivity contribution in [2.45, 2.75) is 0 Å². The molecule has 0 aromatic carbocycles. The lowest BCUT2D eigenvalue weighted by atomic mass is 11.2. The molecule has 0 N–H and O–H groups in total. The van der Waals surface area contributed by atoms with E-state index in [9.17, 15) is 9.59 Å².